The average molecular weight is 402 g/mol. The van der Waals surface area contributed by atoms with Crippen LogP contribution < -0.4 is 11.1 Å². The Kier molecular flexibility index (Phi) is 5.86. The fraction of sp³-hybridized carbons (Fsp3) is 0.300. The second kappa shape index (κ2) is 8.34. The highest BCUT2D eigenvalue weighted by Gasteiger charge is 2.34. The SMILES string of the molecule is C[C@H]1CCC(c2ccc(F)c(F)c2)N(C(=O)C(=O)Nc2cncc(C(N)=O)c2)C1. The van der Waals surface area contributed by atoms with Gasteiger partial charge in [0.1, 0.15) is 0 Å². The number of amides is 3. The average Bonchev–Trinajstić information content (AvgIpc) is 2.69. The van der Waals surface area contributed by atoms with Crippen molar-refractivity contribution in [2.75, 3.05) is 11.9 Å². The molecule has 2 heterocycles. The number of benzene rings is 1. The van der Waals surface area contributed by atoms with E-state index in [4.69, 9.17) is 5.73 Å². The molecule has 0 radical (unpaired) electrons. The molecule has 7 nitrogen and oxygen atoms in total. The Morgan fingerprint density at radius 1 is 1.14 bits per heavy atom. The predicted molar refractivity (Wildman–Crippen MR) is 101 cm³/mol. The maximum atomic E-state index is 13.7. The van der Waals surface area contributed by atoms with Gasteiger partial charge < -0.3 is 16.0 Å². The number of piperidine rings is 1. The standard InChI is InChI=1S/C20H20F2N4O3/c1-11-2-5-17(12-3-4-15(21)16(22)7-12)26(10-11)20(29)19(28)25-14-6-13(18(23)27)8-24-9-14/h3-4,6-9,11,17H,2,5,10H2,1H3,(H2,23,27)(H,25,28)/t11-,17?/m0/s1. The zero-order valence-corrected chi connectivity index (χ0v) is 15.7. The van der Waals surface area contributed by atoms with Gasteiger partial charge in [0.05, 0.1) is 23.5 Å². The van der Waals surface area contributed by atoms with Gasteiger partial charge in [0.25, 0.3) is 0 Å². The fourth-order valence-corrected chi connectivity index (χ4v) is 3.40. The number of carbonyl (C=O) groups is 3. The number of aromatic nitrogens is 1. The van der Waals surface area contributed by atoms with E-state index in [1.807, 2.05) is 6.92 Å². The third-order valence-corrected chi connectivity index (χ3v) is 4.88. The van der Waals surface area contributed by atoms with Crippen molar-refractivity contribution in [1.29, 1.82) is 0 Å². The number of halogens is 2. The molecular weight excluding hydrogens is 382 g/mol. The number of nitrogens with one attached hydrogen (secondary N) is 1. The van der Waals surface area contributed by atoms with Crippen LogP contribution in [0.5, 0.6) is 0 Å². The Hall–Kier alpha value is -3.36. The molecule has 1 fully saturated rings. The molecule has 1 unspecified atom stereocenters. The summed E-state index contributed by atoms with van der Waals surface area (Å²) in [5.41, 5.74) is 5.84. The summed E-state index contributed by atoms with van der Waals surface area (Å²) < 4.78 is 27.0. The van der Waals surface area contributed by atoms with E-state index in [1.165, 1.54) is 29.4 Å². The number of carbonyl (C=O) groups excluding carboxylic acids is 3. The van der Waals surface area contributed by atoms with E-state index < -0.39 is 35.4 Å². The number of hydrogen-bond acceptors (Lipinski definition) is 4. The van der Waals surface area contributed by atoms with Crippen LogP contribution in [-0.2, 0) is 9.59 Å². The summed E-state index contributed by atoms with van der Waals surface area (Å²) in [7, 11) is 0. The lowest BCUT2D eigenvalue weighted by atomic mass is 9.89. The van der Waals surface area contributed by atoms with Crippen LogP contribution in [0.3, 0.4) is 0 Å². The maximum Gasteiger partial charge on any atom is 0.313 e. The predicted octanol–water partition coefficient (Wildman–Crippen LogP) is 2.40. The van der Waals surface area contributed by atoms with Gasteiger partial charge >= 0.3 is 11.8 Å². The molecule has 1 aliphatic rings. The molecule has 1 aliphatic heterocycles. The highest BCUT2D eigenvalue weighted by atomic mass is 19.2. The fourth-order valence-electron chi connectivity index (χ4n) is 3.40. The van der Waals surface area contributed by atoms with Gasteiger partial charge in [0.2, 0.25) is 5.91 Å². The zero-order valence-electron chi connectivity index (χ0n) is 15.7. The minimum absolute atomic E-state index is 0.0847. The molecular formula is C20H20F2N4O3. The van der Waals surface area contributed by atoms with Crippen LogP contribution >= 0.6 is 0 Å². The first kappa shape index (κ1) is 20.4. The molecule has 2 aromatic rings. The quantitative estimate of drug-likeness (QED) is 0.769. The second-order valence-electron chi connectivity index (χ2n) is 7.11. The van der Waals surface area contributed by atoms with Crippen molar-refractivity contribution in [2.45, 2.75) is 25.8 Å². The lowest BCUT2D eigenvalue weighted by molar-refractivity contribution is -0.146. The van der Waals surface area contributed by atoms with Gasteiger partial charge in [-0.3, -0.25) is 19.4 Å². The number of hydrogen-bond donors (Lipinski definition) is 2. The summed E-state index contributed by atoms with van der Waals surface area (Å²) in [6, 6.07) is 4.24. The van der Waals surface area contributed by atoms with Gasteiger partial charge in [0, 0.05) is 12.7 Å². The molecule has 0 saturated carbocycles. The van der Waals surface area contributed by atoms with Gasteiger partial charge in [-0.15, -0.1) is 0 Å². The van der Waals surface area contributed by atoms with Crippen LogP contribution in [0.15, 0.2) is 36.7 Å². The minimum atomic E-state index is -1.01. The van der Waals surface area contributed by atoms with Crippen LogP contribution in [0.1, 0.15) is 41.7 Å². The normalized spacial score (nSPS) is 18.9. The lowest BCUT2D eigenvalue weighted by Gasteiger charge is -2.38. The Balaban J connectivity index is 1.81. The lowest BCUT2D eigenvalue weighted by Crippen LogP contribution is -2.46. The largest absolute Gasteiger partial charge is 0.366 e. The number of anilines is 1. The molecule has 0 spiro atoms. The first-order valence-corrected chi connectivity index (χ1v) is 9.08. The number of rotatable bonds is 3. The molecule has 1 saturated heterocycles. The number of primary amides is 1. The molecule has 0 aliphatic carbocycles. The molecule has 1 aromatic heterocycles. The third-order valence-electron chi connectivity index (χ3n) is 4.88. The van der Waals surface area contributed by atoms with Crippen LogP contribution in [-0.4, -0.2) is 34.2 Å². The van der Waals surface area contributed by atoms with Crippen molar-refractivity contribution in [3.8, 4) is 0 Å². The zero-order chi connectivity index (χ0) is 21.1. The number of nitrogens with zero attached hydrogens (tertiary/aromatic N) is 2. The summed E-state index contributed by atoms with van der Waals surface area (Å²) in [6.45, 7) is 2.25. The third kappa shape index (κ3) is 4.56. The van der Waals surface area contributed by atoms with Crippen molar-refractivity contribution >= 4 is 23.4 Å². The number of pyridine rings is 1. The summed E-state index contributed by atoms with van der Waals surface area (Å²) in [5.74, 6) is -4.29. The molecule has 1 aromatic carbocycles. The van der Waals surface area contributed by atoms with E-state index in [0.29, 0.717) is 18.5 Å². The van der Waals surface area contributed by atoms with Crippen LogP contribution in [0.2, 0.25) is 0 Å². The second-order valence-corrected chi connectivity index (χ2v) is 7.11. The van der Waals surface area contributed by atoms with Crippen LogP contribution in [0, 0.1) is 17.6 Å². The van der Waals surface area contributed by atoms with Gasteiger partial charge in [-0.25, -0.2) is 8.78 Å². The Labute approximate surface area is 165 Å². The molecule has 29 heavy (non-hydrogen) atoms. The van der Waals surface area contributed by atoms with E-state index in [9.17, 15) is 23.2 Å². The smallest absolute Gasteiger partial charge is 0.313 e. The monoisotopic (exact) mass is 402 g/mol. The molecule has 152 valence electrons. The topological polar surface area (TPSA) is 105 Å². The Bertz CT molecular complexity index is 966. The first-order valence-electron chi connectivity index (χ1n) is 9.08. The van der Waals surface area contributed by atoms with Gasteiger partial charge in [0.15, 0.2) is 11.6 Å². The highest BCUT2D eigenvalue weighted by Crippen LogP contribution is 2.34. The maximum absolute atomic E-state index is 13.7. The Morgan fingerprint density at radius 2 is 1.90 bits per heavy atom. The van der Waals surface area contributed by atoms with Crippen molar-refractivity contribution in [3.63, 3.8) is 0 Å². The molecule has 3 rings (SSSR count). The van der Waals surface area contributed by atoms with Crippen molar-refractivity contribution in [2.24, 2.45) is 11.7 Å². The van der Waals surface area contributed by atoms with Crippen LogP contribution in [0.4, 0.5) is 14.5 Å². The number of nitrogens with two attached hydrogens (primary N) is 1. The van der Waals surface area contributed by atoms with Crippen molar-refractivity contribution in [3.05, 3.63) is 59.4 Å². The van der Waals surface area contributed by atoms with E-state index >= 15 is 0 Å². The van der Waals surface area contributed by atoms with Gasteiger partial charge in [-0.2, -0.15) is 0 Å². The molecule has 2 atom stereocenters. The molecule has 0 bridgehead atoms. The minimum Gasteiger partial charge on any atom is -0.366 e. The number of likely N-dealkylation sites (tertiary alicyclic amines) is 1. The van der Waals surface area contributed by atoms with E-state index in [-0.39, 0.29) is 17.2 Å². The Morgan fingerprint density at radius 3 is 2.59 bits per heavy atom. The van der Waals surface area contributed by atoms with Crippen LogP contribution in [0.25, 0.3) is 0 Å². The summed E-state index contributed by atoms with van der Waals surface area (Å²) >= 11 is 0. The first-order chi connectivity index (χ1) is 13.8. The highest BCUT2D eigenvalue weighted by molar-refractivity contribution is 6.39. The van der Waals surface area contributed by atoms with E-state index in [1.54, 1.807) is 0 Å². The molecule has 9 heteroatoms. The van der Waals surface area contributed by atoms with Gasteiger partial charge in [-0.05, 0) is 42.5 Å². The van der Waals surface area contributed by atoms with Crippen molar-refractivity contribution in [1.82, 2.24) is 9.88 Å². The summed E-state index contributed by atoms with van der Waals surface area (Å²) in [5, 5.41) is 2.41. The molecule has 3 N–H and O–H groups in total. The molecule has 3 amide bonds. The van der Waals surface area contributed by atoms with E-state index in [2.05, 4.69) is 10.3 Å². The van der Waals surface area contributed by atoms with Crippen molar-refractivity contribution < 1.29 is 23.2 Å². The van der Waals surface area contributed by atoms with Gasteiger partial charge in [-0.1, -0.05) is 13.0 Å². The summed E-state index contributed by atoms with van der Waals surface area (Å²) in [4.78, 5) is 41.8. The van der Waals surface area contributed by atoms with E-state index in [0.717, 1.165) is 18.6 Å². The summed E-state index contributed by atoms with van der Waals surface area (Å²) in [6.07, 6.45) is 3.82.